The molecule has 23 heavy (non-hydrogen) atoms. The predicted octanol–water partition coefficient (Wildman–Crippen LogP) is 3.73. The van der Waals surface area contributed by atoms with Crippen molar-refractivity contribution in [3.05, 3.63) is 71.3 Å². The van der Waals surface area contributed by atoms with Crippen LogP contribution in [0.3, 0.4) is 0 Å². The van der Waals surface area contributed by atoms with Gasteiger partial charge in [0.05, 0.1) is 6.04 Å². The highest BCUT2D eigenvalue weighted by atomic mass is 19.1. The Morgan fingerprint density at radius 3 is 2.04 bits per heavy atom. The molecule has 118 valence electrons. The van der Waals surface area contributed by atoms with Gasteiger partial charge in [-0.05, 0) is 60.4 Å². The first-order chi connectivity index (χ1) is 11.2. The minimum atomic E-state index is -0.224. The van der Waals surface area contributed by atoms with Gasteiger partial charge in [-0.2, -0.15) is 0 Å². The van der Waals surface area contributed by atoms with Gasteiger partial charge in [-0.15, -0.1) is 0 Å². The van der Waals surface area contributed by atoms with Crippen molar-refractivity contribution >= 4 is 11.4 Å². The molecule has 1 N–H and O–H groups in total. The van der Waals surface area contributed by atoms with Crippen LogP contribution in [0.2, 0.25) is 0 Å². The molecule has 0 saturated heterocycles. The zero-order valence-electron chi connectivity index (χ0n) is 12.7. The quantitative estimate of drug-likeness (QED) is 0.807. The first kappa shape index (κ1) is 14.4. The SMILES string of the molecule is Fc1ccc2c(c1)CCc1cc(F)ccc1N2C1C=CCNC1. The maximum atomic E-state index is 13.7. The van der Waals surface area contributed by atoms with Gasteiger partial charge in [-0.25, -0.2) is 8.78 Å². The molecule has 0 aromatic heterocycles. The summed E-state index contributed by atoms with van der Waals surface area (Å²) in [5, 5.41) is 3.36. The molecule has 2 aromatic rings. The van der Waals surface area contributed by atoms with E-state index in [4.69, 9.17) is 0 Å². The van der Waals surface area contributed by atoms with Crippen molar-refractivity contribution in [1.29, 1.82) is 0 Å². The van der Waals surface area contributed by atoms with E-state index in [1.807, 2.05) is 12.1 Å². The average Bonchev–Trinajstić information content (AvgIpc) is 2.72. The molecule has 0 bridgehead atoms. The number of anilines is 2. The Balaban J connectivity index is 1.90. The van der Waals surface area contributed by atoms with Gasteiger partial charge < -0.3 is 10.2 Å². The van der Waals surface area contributed by atoms with E-state index in [9.17, 15) is 8.78 Å². The third kappa shape index (κ3) is 2.63. The highest BCUT2D eigenvalue weighted by molar-refractivity contribution is 5.72. The summed E-state index contributed by atoms with van der Waals surface area (Å²) in [4.78, 5) is 2.21. The van der Waals surface area contributed by atoms with E-state index in [1.54, 1.807) is 12.1 Å². The number of aryl methyl sites for hydroxylation is 2. The normalized spacial score (nSPS) is 19.9. The molecule has 0 radical (unpaired) electrons. The van der Waals surface area contributed by atoms with Crippen molar-refractivity contribution in [3.8, 4) is 0 Å². The molecule has 0 amide bonds. The summed E-state index contributed by atoms with van der Waals surface area (Å²) in [5.41, 5.74) is 3.96. The first-order valence-electron chi connectivity index (χ1n) is 7.96. The maximum Gasteiger partial charge on any atom is 0.123 e. The van der Waals surface area contributed by atoms with E-state index in [0.29, 0.717) is 12.8 Å². The number of nitrogens with zero attached hydrogens (tertiary/aromatic N) is 1. The number of nitrogens with one attached hydrogen (secondary N) is 1. The Labute approximate surface area is 134 Å². The van der Waals surface area contributed by atoms with Crippen LogP contribution in [0.25, 0.3) is 0 Å². The highest BCUT2D eigenvalue weighted by Crippen LogP contribution is 2.38. The molecule has 2 aliphatic heterocycles. The fraction of sp³-hybridized carbons (Fsp3) is 0.263. The van der Waals surface area contributed by atoms with Crippen molar-refractivity contribution < 1.29 is 8.78 Å². The Morgan fingerprint density at radius 2 is 1.52 bits per heavy atom. The van der Waals surface area contributed by atoms with Gasteiger partial charge >= 0.3 is 0 Å². The molecule has 1 unspecified atom stereocenters. The summed E-state index contributed by atoms with van der Waals surface area (Å²) in [6.07, 6.45) is 5.70. The van der Waals surface area contributed by atoms with Gasteiger partial charge in [0.1, 0.15) is 11.6 Å². The predicted molar refractivity (Wildman–Crippen MR) is 88.1 cm³/mol. The molecular formula is C19H18F2N2. The topological polar surface area (TPSA) is 15.3 Å². The van der Waals surface area contributed by atoms with Crippen molar-refractivity contribution in [2.45, 2.75) is 18.9 Å². The molecule has 0 aliphatic carbocycles. The summed E-state index contributed by atoms with van der Waals surface area (Å²) in [6, 6.07) is 10.0. The summed E-state index contributed by atoms with van der Waals surface area (Å²) < 4.78 is 27.4. The van der Waals surface area contributed by atoms with Gasteiger partial charge in [0.15, 0.2) is 0 Å². The van der Waals surface area contributed by atoms with Crippen LogP contribution >= 0.6 is 0 Å². The van der Waals surface area contributed by atoms with Crippen molar-refractivity contribution in [2.24, 2.45) is 0 Å². The number of rotatable bonds is 1. The van der Waals surface area contributed by atoms with Gasteiger partial charge in [0.25, 0.3) is 0 Å². The average molecular weight is 312 g/mol. The van der Waals surface area contributed by atoms with E-state index in [1.165, 1.54) is 12.1 Å². The molecule has 2 aromatic carbocycles. The summed E-state index contributed by atoms with van der Waals surface area (Å²) in [5.74, 6) is -0.448. The number of hydrogen-bond donors (Lipinski definition) is 1. The van der Waals surface area contributed by atoms with Crippen molar-refractivity contribution in [2.75, 3.05) is 18.0 Å². The van der Waals surface area contributed by atoms with E-state index in [-0.39, 0.29) is 17.7 Å². The summed E-state index contributed by atoms with van der Waals surface area (Å²) in [6.45, 7) is 1.67. The van der Waals surface area contributed by atoms with Crippen LogP contribution < -0.4 is 10.2 Å². The number of halogens is 2. The van der Waals surface area contributed by atoms with Crippen LogP contribution in [0, 0.1) is 11.6 Å². The van der Waals surface area contributed by atoms with Gasteiger partial charge in [0, 0.05) is 24.5 Å². The molecule has 2 aliphatic rings. The number of benzene rings is 2. The van der Waals surface area contributed by atoms with Crippen LogP contribution in [0.1, 0.15) is 11.1 Å². The minimum absolute atomic E-state index is 0.135. The maximum absolute atomic E-state index is 13.7. The lowest BCUT2D eigenvalue weighted by Crippen LogP contribution is -2.41. The van der Waals surface area contributed by atoms with E-state index >= 15 is 0 Å². The lowest BCUT2D eigenvalue weighted by Gasteiger charge is -2.35. The molecular weight excluding hydrogens is 294 g/mol. The Hall–Kier alpha value is -2.20. The molecule has 0 spiro atoms. The Kier molecular flexibility index (Phi) is 3.62. The molecule has 0 saturated carbocycles. The smallest absolute Gasteiger partial charge is 0.123 e. The van der Waals surface area contributed by atoms with Crippen molar-refractivity contribution in [3.63, 3.8) is 0 Å². The van der Waals surface area contributed by atoms with Crippen LogP contribution in [0.5, 0.6) is 0 Å². The third-order valence-electron chi connectivity index (χ3n) is 4.57. The van der Waals surface area contributed by atoms with Crippen LogP contribution in [-0.4, -0.2) is 19.1 Å². The van der Waals surface area contributed by atoms with E-state index in [2.05, 4.69) is 22.4 Å². The Morgan fingerprint density at radius 1 is 0.913 bits per heavy atom. The third-order valence-corrected chi connectivity index (χ3v) is 4.57. The Bertz CT molecular complexity index is 716. The monoisotopic (exact) mass is 312 g/mol. The van der Waals surface area contributed by atoms with Crippen molar-refractivity contribution in [1.82, 2.24) is 5.32 Å². The fourth-order valence-corrected chi connectivity index (χ4v) is 3.52. The second kappa shape index (κ2) is 5.78. The lowest BCUT2D eigenvalue weighted by molar-refractivity contribution is 0.621. The molecule has 2 heterocycles. The fourth-order valence-electron chi connectivity index (χ4n) is 3.52. The zero-order valence-corrected chi connectivity index (χ0v) is 12.7. The second-order valence-corrected chi connectivity index (χ2v) is 6.07. The highest BCUT2D eigenvalue weighted by Gasteiger charge is 2.27. The van der Waals surface area contributed by atoms with Crippen LogP contribution in [0.4, 0.5) is 20.2 Å². The molecule has 1 atom stereocenters. The van der Waals surface area contributed by atoms with E-state index < -0.39 is 0 Å². The van der Waals surface area contributed by atoms with Gasteiger partial charge in [0.2, 0.25) is 0 Å². The van der Waals surface area contributed by atoms with Gasteiger partial charge in [-0.1, -0.05) is 12.2 Å². The minimum Gasteiger partial charge on any atom is -0.333 e. The first-order valence-corrected chi connectivity index (χ1v) is 7.96. The molecule has 2 nitrogen and oxygen atoms in total. The second-order valence-electron chi connectivity index (χ2n) is 6.07. The van der Waals surface area contributed by atoms with Crippen LogP contribution in [0.15, 0.2) is 48.6 Å². The molecule has 0 fully saturated rings. The summed E-state index contributed by atoms with van der Waals surface area (Å²) >= 11 is 0. The standard InChI is InChI=1S/C19H18F2N2/c20-15-5-7-18-13(10-15)3-4-14-11-16(21)6-8-19(14)23(18)17-2-1-9-22-12-17/h1-2,5-8,10-11,17,22H,3-4,9,12H2. The number of hydrogen-bond acceptors (Lipinski definition) is 2. The largest absolute Gasteiger partial charge is 0.333 e. The van der Waals surface area contributed by atoms with Gasteiger partial charge in [-0.3, -0.25) is 0 Å². The molecule has 4 heteroatoms. The lowest BCUT2D eigenvalue weighted by atomic mass is 10.0. The summed E-state index contributed by atoms with van der Waals surface area (Å²) in [7, 11) is 0. The van der Waals surface area contributed by atoms with E-state index in [0.717, 1.165) is 35.6 Å². The zero-order chi connectivity index (χ0) is 15.8. The van der Waals surface area contributed by atoms with Crippen LogP contribution in [-0.2, 0) is 12.8 Å². The molecule has 4 rings (SSSR count). The number of fused-ring (bicyclic) bond motifs is 2.